The lowest BCUT2D eigenvalue weighted by Gasteiger charge is -2.12. The fraction of sp³-hybridized carbons (Fsp3) is 0.150. The first-order chi connectivity index (χ1) is 13.4. The minimum absolute atomic E-state index is 0.174. The van der Waals surface area contributed by atoms with E-state index in [1.807, 2.05) is 30.3 Å². The number of amides is 3. The highest BCUT2D eigenvalue weighted by Gasteiger charge is 2.22. The van der Waals surface area contributed by atoms with Crippen LogP contribution in [0.1, 0.15) is 22.2 Å². The molecule has 0 saturated heterocycles. The quantitative estimate of drug-likeness (QED) is 0.641. The predicted octanol–water partition coefficient (Wildman–Crippen LogP) is 3.61. The van der Waals surface area contributed by atoms with Crippen LogP contribution in [-0.4, -0.2) is 24.0 Å². The first-order valence-corrected chi connectivity index (χ1v) is 9.27. The number of imide groups is 1. The molecule has 1 unspecified atom stereocenters. The molecule has 3 amide bonds. The van der Waals surface area contributed by atoms with Crippen LogP contribution in [-0.2, 0) is 16.1 Å². The Kier molecular flexibility index (Phi) is 6.00. The van der Waals surface area contributed by atoms with Crippen molar-refractivity contribution in [1.29, 1.82) is 0 Å². The SMILES string of the molecule is CC(OC(=O)c1cc2c(F)cccc2s1)C(=O)NC(=O)NCc1ccccc1. The Morgan fingerprint density at radius 2 is 1.86 bits per heavy atom. The zero-order valence-electron chi connectivity index (χ0n) is 14.9. The van der Waals surface area contributed by atoms with Gasteiger partial charge in [-0.05, 0) is 30.7 Å². The second-order valence-corrected chi connectivity index (χ2v) is 7.05. The van der Waals surface area contributed by atoms with E-state index in [1.54, 1.807) is 12.1 Å². The van der Waals surface area contributed by atoms with Crippen LogP contribution in [0.3, 0.4) is 0 Å². The lowest BCUT2D eigenvalue weighted by molar-refractivity contribution is -0.127. The minimum atomic E-state index is -1.19. The molecule has 0 radical (unpaired) electrons. The van der Waals surface area contributed by atoms with E-state index < -0.39 is 29.8 Å². The highest BCUT2D eigenvalue weighted by molar-refractivity contribution is 7.20. The fourth-order valence-corrected chi connectivity index (χ4v) is 3.39. The third-order valence-corrected chi connectivity index (χ3v) is 4.98. The Bertz CT molecular complexity index is 1020. The van der Waals surface area contributed by atoms with E-state index in [9.17, 15) is 18.8 Å². The van der Waals surface area contributed by atoms with Crippen LogP contribution >= 0.6 is 11.3 Å². The Labute approximate surface area is 164 Å². The van der Waals surface area contributed by atoms with Crippen molar-refractivity contribution in [3.05, 3.63) is 70.9 Å². The molecule has 0 bridgehead atoms. The summed E-state index contributed by atoms with van der Waals surface area (Å²) in [5.74, 6) is -1.95. The molecule has 0 saturated carbocycles. The molecule has 1 aromatic heterocycles. The molecule has 3 aromatic rings. The van der Waals surface area contributed by atoms with Crippen molar-refractivity contribution >= 4 is 39.3 Å². The largest absolute Gasteiger partial charge is 0.448 e. The molecular formula is C20H17FN2O4S. The molecule has 0 fully saturated rings. The lowest BCUT2D eigenvalue weighted by Crippen LogP contribution is -2.44. The summed E-state index contributed by atoms with van der Waals surface area (Å²) in [6.07, 6.45) is -1.19. The molecule has 0 aliphatic rings. The summed E-state index contributed by atoms with van der Waals surface area (Å²) in [6.45, 7) is 1.60. The Balaban J connectivity index is 1.53. The summed E-state index contributed by atoms with van der Waals surface area (Å²) in [5, 5.41) is 4.98. The average molecular weight is 400 g/mol. The van der Waals surface area contributed by atoms with Crippen LogP contribution in [0.15, 0.2) is 54.6 Å². The first kappa shape index (κ1) is 19.5. The van der Waals surface area contributed by atoms with Gasteiger partial charge in [0.05, 0.1) is 0 Å². The van der Waals surface area contributed by atoms with Gasteiger partial charge in [0, 0.05) is 16.6 Å². The van der Waals surface area contributed by atoms with Gasteiger partial charge in [-0.1, -0.05) is 36.4 Å². The van der Waals surface area contributed by atoms with Crippen molar-refractivity contribution in [2.75, 3.05) is 0 Å². The summed E-state index contributed by atoms with van der Waals surface area (Å²) < 4.78 is 19.4. The monoisotopic (exact) mass is 400 g/mol. The van der Waals surface area contributed by atoms with Crippen molar-refractivity contribution in [2.45, 2.75) is 19.6 Å². The molecular weight excluding hydrogens is 383 g/mol. The Morgan fingerprint density at radius 3 is 2.57 bits per heavy atom. The van der Waals surface area contributed by atoms with E-state index in [1.165, 1.54) is 19.1 Å². The number of carbonyl (C=O) groups is 3. The molecule has 2 aromatic carbocycles. The predicted molar refractivity (Wildman–Crippen MR) is 103 cm³/mol. The Hall–Kier alpha value is -3.26. The standard InChI is InChI=1S/C20H17FN2O4S/c1-12(18(24)23-20(26)22-11-13-6-3-2-4-7-13)27-19(25)17-10-14-15(21)8-5-9-16(14)28-17/h2-10,12H,11H2,1H3,(H2,22,23,24,26). The number of rotatable bonds is 5. The van der Waals surface area contributed by atoms with E-state index in [0.717, 1.165) is 16.9 Å². The van der Waals surface area contributed by atoms with Crippen molar-refractivity contribution in [2.24, 2.45) is 0 Å². The highest BCUT2D eigenvalue weighted by atomic mass is 32.1. The number of ether oxygens (including phenoxy) is 1. The molecule has 0 aliphatic heterocycles. The van der Waals surface area contributed by atoms with Gasteiger partial charge in [0.2, 0.25) is 0 Å². The molecule has 8 heteroatoms. The van der Waals surface area contributed by atoms with Crippen LogP contribution in [0.4, 0.5) is 9.18 Å². The summed E-state index contributed by atoms with van der Waals surface area (Å²) in [7, 11) is 0. The van der Waals surface area contributed by atoms with E-state index in [-0.39, 0.29) is 11.4 Å². The molecule has 0 spiro atoms. The van der Waals surface area contributed by atoms with Gasteiger partial charge in [-0.15, -0.1) is 11.3 Å². The number of hydrogen-bond donors (Lipinski definition) is 2. The van der Waals surface area contributed by atoms with Gasteiger partial charge in [-0.2, -0.15) is 0 Å². The highest BCUT2D eigenvalue weighted by Crippen LogP contribution is 2.28. The minimum Gasteiger partial charge on any atom is -0.448 e. The Morgan fingerprint density at radius 1 is 1.11 bits per heavy atom. The third kappa shape index (κ3) is 4.72. The van der Waals surface area contributed by atoms with Crippen LogP contribution in [0.2, 0.25) is 0 Å². The van der Waals surface area contributed by atoms with Crippen molar-refractivity contribution in [3.63, 3.8) is 0 Å². The number of halogens is 1. The maximum Gasteiger partial charge on any atom is 0.349 e. The summed E-state index contributed by atoms with van der Waals surface area (Å²) >= 11 is 1.07. The molecule has 6 nitrogen and oxygen atoms in total. The fourth-order valence-electron chi connectivity index (χ4n) is 2.43. The van der Waals surface area contributed by atoms with Crippen LogP contribution in [0.25, 0.3) is 10.1 Å². The first-order valence-electron chi connectivity index (χ1n) is 8.45. The van der Waals surface area contributed by atoms with E-state index in [2.05, 4.69) is 10.6 Å². The van der Waals surface area contributed by atoms with E-state index in [0.29, 0.717) is 10.1 Å². The van der Waals surface area contributed by atoms with Crippen molar-refractivity contribution in [1.82, 2.24) is 10.6 Å². The zero-order chi connectivity index (χ0) is 20.1. The van der Waals surface area contributed by atoms with Gasteiger partial charge in [-0.25, -0.2) is 14.0 Å². The van der Waals surface area contributed by atoms with Crippen LogP contribution in [0.5, 0.6) is 0 Å². The van der Waals surface area contributed by atoms with Crippen molar-refractivity contribution in [3.8, 4) is 0 Å². The number of thiophene rings is 1. The van der Waals surface area contributed by atoms with Gasteiger partial charge in [0.15, 0.2) is 6.10 Å². The number of carbonyl (C=O) groups excluding carboxylic acids is 3. The number of urea groups is 1. The summed E-state index contributed by atoms with van der Waals surface area (Å²) in [4.78, 5) is 36.3. The molecule has 1 atom stereocenters. The second kappa shape index (κ2) is 8.62. The second-order valence-electron chi connectivity index (χ2n) is 5.97. The summed E-state index contributed by atoms with van der Waals surface area (Å²) in [6, 6.07) is 14.4. The maximum atomic E-state index is 13.7. The molecule has 0 aliphatic carbocycles. The van der Waals surface area contributed by atoms with Crippen LogP contribution < -0.4 is 10.6 Å². The number of benzene rings is 2. The van der Waals surface area contributed by atoms with Gasteiger partial charge in [0.25, 0.3) is 5.91 Å². The topological polar surface area (TPSA) is 84.5 Å². The number of nitrogens with one attached hydrogen (secondary N) is 2. The van der Waals surface area contributed by atoms with E-state index >= 15 is 0 Å². The summed E-state index contributed by atoms with van der Waals surface area (Å²) in [5.41, 5.74) is 0.876. The molecule has 1 heterocycles. The zero-order valence-corrected chi connectivity index (χ0v) is 15.7. The van der Waals surface area contributed by atoms with Crippen LogP contribution in [0, 0.1) is 5.82 Å². The van der Waals surface area contributed by atoms with Crippen molar-refractivity contribution < 1.29 is 23.5 Å². The van der Waals surface area contributed by atoms with Gasteiger partial charge in [0.1, 0.15) is 10.7 Å². The number of fused-ring (bicyclic) bond motifs is 1. The molecule has 3 rings (SSSR count). The molecule has 2 N–H and O–H groups in total. The lowest BCUT2D eigenvalue weighted by atomic mass is 10.2. The third-order valence-electron chi connectivity index (χ3n) is 3.90. The average Bonchev–Trinajstić information content (AvgIpc) is 3.13. The van der Waals surface area contributed by atoms with E-state index in [4.69, 9.17) is 4.74 Å². The molecule has 144 valence electrons. The van der Waals surface area contributed by atoms with Gasteiger partial charge < -0.3 is 10.1 Å². The smallest absolute Gasteiger partial charge is 0.349 e. The maximum absolute atomic E-state index is 13.7. The van der Waals surface area contributed by atoms with Gasteiger partial charge >= 0.3 is 12.0 Å². The van der Waals surface area contributed by atoms with Gasteiger partial charge in [-0.3, -0.25) is 10.1 Å². The normalized spacial score (nSPS) is 11.6. The number of hydrogen-bond acceptors (Lipinski definition) is 5. The molecule has 28 heavy (non-hydrogen) atoms. The number of esters is 1.